The van der Waals surface area contributed by atoms with Gasteiger partial charge in [-0.1, -0.05) is 0 Å². The molecule has 0 bridgehead atoms. The maximum absolute atomic E-state index is 13.6. The number of imidazole rings is 1. The van der Waals surface area contributed by atoms with Gasteiger partial charge >= 0.3 is 0 Å². The molecule has 0 saturated carbocycles. The molecule has 1 aromatic carbocycles. The molecular weight excluding hydrogens is 288 g/mol. The summed E-state index contributed by atoms with van der Waals surface area (Å²) in [7, 11) is -4.09. The van der Waals surface area contributed by atoms with Gasteiger partial charge in [0.1, 0.15) is 22.4 Å². The summed E-state index contributed by atoms with van der Waals surface area (Å²) in [5.74, 6) is -2.16. The van der Waals surface area contributed by atoms with E-state index in [-0.39, 0.29) is 12.2 Å². The lowest BCUT2D eigenvalue weighted by atomic mass is 10.3. The lowest BCUT2D eigenvalue weighted by Crippen LogP contribution is -2.16. The summed E-state index contributed by atoms with van der Waals surface area (Å²) in [6, 6.07) is 1.58. The van der Waals surface area contributed by atoms with Gasteiger partial charge in [0.2, 0.25) is 0 Å². The largest absolute Gasteiger partial charge is 0.399 e. The van der Waals surface area contributed by atoms with Crippen LogP contribution in [0.15, 0.2) is 29.4 Å². The van der Waals surface area contributed by atoms with Crippen molar-refractivity contribution < 1.29 is 17.2 Å². The summed E-state index contributed by atoms with van der Waals surface area (Å²) in [6.07, 6.45) is 3.12. The van der Waals surface area contributed by atoms with Gasteiger partial charge in [-0.2, -0.15) is 0 Å². The number of sulfone groups is 1. The highest BCUT2D eigenvalue weighted by atomic mass is 32.2. The molecular formula is C12H13F2N3O2S. The van der Waals surface area contributed by atoms with Crippen molar-refractivity contribution in [1.29, 1.82) is 0 Å². The molecule has 8 heteroatoms. The van der Waals surface area contributed by atoms with Gasteiger partial charge in [0.25, 0.3) is 0 Å². The van der Waals surface area contributed by atoms with Crippen molar-refractivity contribution in [2.75, 3.05) is 11.5 Å². The van der Waals surface area contributed by atoms with E-state index in [9.17, 15) is 17.2 Å². The number of aromatic nitrogens is 2. The summed E-state index contributed by atoms with van der Waals surface area (Å²) in [5, 5.41) is 0. The molecule has 0 aliphatic heterocycles. The zero-order valence-electron chi connectivity index (χ0n) is 10.7. The molecule has 1 heterocycles. The maximum Gasteiger partial charge on any atom is 0.185 e. The molecule has 0 aliphatic carbocycles. The molecule has 0 atom stereocenters. The first-order chi connectivity index (χ1) is 9.31. The topological polar surface area (TPSA) is 78.0 Å². The fraction of sp³-hybridized carbons (Fsp3) is 0.250. The van der Waals surface area contributed by atoms with E-state index in [1.807, 2.05) is 0 Å². The molecule has 0 radical (unpaired) electrons. The average Bonchev–Trinajstić information content (AvgIpc) is 2.70. The van der Waals surface area contributed by atoms with Crippen LogP contribution in [0, 0.1) is 18.6 Å². The molecule has 108 valence electrons. The number of hydrogen-bond acceptors (Lipinski definition) is 4. The van der Waals surface area contributed by atoms with Crippen molar-refractivity contribution in [3.05, 3.63) is 42.0 Å². The molecule has 0 unspecified atom stereocenters. The molecule has 2 N–H and O–H groups in total. The van der Waals surface area contributed by atoms with Crippen LogP contribution in [0.1, 0.15) is 5.82 Å². The van der Waals surface area contributed by atoms with Crippen LogP contribution in [0.4, 0.5) is 14.5 Å². The normalized spacial score (nSPS) is 11.8. The third-order valence-electron chi connectivity index (χ3n) is 2.86. The smallest absolute Gasteiger partial charge is 0.185 e. The summed E-state index contributed by atoms with van der Waals surface area (Å²) >= 11 is 0. The standard InChI is InChI=1S/C12H13F2N3O2S/c1-8-16-2-3-17(8)4-5-20(18,19)12-10(13)6-9(15)7-11(12)14/h2-3,6-7H,4-5,15H2,1H3. The first-order valence-electron chi connectivity index (χ1n) is 5.76. The Morgan fingerprint density at radius 3 is 2.40 bits per heavy atom. The van der Waals surface area contributed by atoms with Crippen LogP contribution in [-0.2, 0) is 16.4 Å². The first-order valence-corrected chi connectivity index (χ1v) is 7.41. The summed E-state index contributed by atoms with van der Waals surface area (Å²) < 4.78 is 52.9. The van der Waals surface area contributed by atoms with Gasteiger partial charge in [-0.05, 0) is 19.1 Å². The molecule has 0 amide bonds. The molecule has 2 aromatic rings. The van der Waals surface area contributed by atoms with Crippen LogP contribution in [0.2, 0.25) is 0 Å². The third-order valence-corrected chi connectivity index (χ3v) is 4.59. The van der Waals surface area contributed by atoms with Crippen molar-refractivity contribution in [3.8, 4) is 0 Å². The van der Waals surface area contributed by atoms with Crippen molar-refractivity contribution in [1.82, 2.24) is 9.55 Å². The van der Waals surface area contributed by atoms with E-state index in [0.717, 1.165) is 12.1 Å². The predicted molar refractivity (Wildman–Crippen MR) is 69.8 cm³/mol. The van der Waals surface area contributed by atoms with Crippen molar-refractivity contribution in [2.45, 2.75) is 18.4 Å². The number of nitrogen functional groups attached to an aromatic ring is 1. The second kappa shape index (κ2) is 5.20. The van der Waals surface area contributed by atoms with E-state index in [1.165, 1.54) is 6.20 Å². The number of nitrogens with two attached hydrogens (primary N) is 1. The Balaban J connectivity index is 2.30. The summed E-state index contributed by atoms with van der Waals surface area (Å²) in [4.78, 5) is 3.00. The average molecular weight is 301 g/mol. The molecule has 0 saturated heterocycles. The van der Waals surface area contributed by atoms with E-state index in [0.29, 0.717) is 5.82 Å². The van der Waals surface area contributed by atoms with Gasteiger partial charge in [0.15, 0.2) is 9.84 Å². The molecule has 0 spiro atoms. The van der Waals surface area contributed by atoms with Gasteiger partial charge in [-0.15, -0.1) is 0 Å². The number of rotatable bonds is 4. The minimum Gasteiger partial charge on any atom is -0.399 e. The number of aryl methyl sites for hydroxylation is 2. The fourth-order valence-electron chi connectivity index (χ4n) is 1.84. The van der Waals surface area contributed by atoms with E-state index in [2.05, 4.69) is 4.98 Å². The quantitative estimate of drug-likeness (QED) is 0.869. The van der Waals surface area contributed by atoms with Crippen LogP contribution < -0.4 is 5.73 Å². The minimum atomic E-state index is -4.09. The van der Waals surface area contributed by atoms with E-state index < -0.39 is 32.1 Å². The van der Waals surface area contributed by atoms with Gasteiger partial charge in [0, 0.05) is 24.6 Å². The van der Waals surface area contributed by atoms with Crippen LogP contribution in [0.3, 0.4) is 0 Å². The Kier molecular flexibility index (Phi) is 3.76. The van der Waals surface area contributed by atoms with Gasteiger partial charge in [-0.3, -0.25) is 0 Å². The highest BCUT2D eigenvalue weighted by Gasteiger charge is 2.24. The Morgan fingerprint density at radius 1 is 1.30 bits per heavy atom. The molecule has 0 aliphatic rings. The van der Waals surface area contributed by atoms with Crippen LogP contribution >= 0.6 is 0 Å². The van der Waals surface area contributed by atoms with Crippen molar-refractivity contribution in [2.24, 2.45) is 0 Å². The first kappa shape index (κ1) is 14.4. The lowest BCUT2D eigenvalue weighted by molar-refractivity contribution is 0.518. The van der Waals surface area contributed by atoms with Gasteiger partial charge in [-0.25, -0.2) is 22.2 Å². The molecule has 0 fully saturated rings. The third kappa shape index (κ3) is 2.79. The molecule has 20 heavy (non-hydrogen) atoms. The Morgan fingerprint density at radius 2 is 1.90 bits per heavy atom. The maximum atomic E-state index is 13.6. The van der Waals surface area contributed by atoms with Crippen LogP contribution in [0.25, 0.3) is 0 Å². The van der Waals surface area contributed by atoms with Gasteiger partial charge in [0.05, 0.1) is 5.75 Å². The molecule has 5 nitrogen and oxygen atoms in total. The van der Waals surface area contributed by atoms with Crippen molar-refractivity contribution >= 4 is 15.5 Å². The highest BCUT2D eigenvalue weighted by Crippen LogP contribution is 2.23. The molecule has 1 aromatic heterocycles. The second-order valence-electron chi connectivity index (χ2n) is 4.30. The fourth-order valence-corrected chi connectivity index (χ4v) is 3.19. The van der Waals surface area contributed by atoms with E-state index in [4.69, 9.17) is 5.73 Å². The summed E-state index contributed by atoms with van der Waals surface area (Å²) in [6.45, 7) is 1.77. The number of benzene rings is 1. The Labute approximate surface area is 115 Å². The van der Waals surface area contributed by atoms with Gasteiger partial charge < -0.3 is 10.3 Å². The minimum absolute atomic E-state index is 0.0669. The van der Waals surface area contributed by atoms with Crippen LogP contribution in [0.5, 0.6) is 0 Å². The second-order valence-corrected chi connectivity index (χ2v) is 6.35. The van der Waals surface area contributed by atoms with Crippen LogP contribution in [-0.4, -0.2) is 23.7 Å². The lowest BCUT2D eigenvalue weighted by Gasteiger charge is -2.09. The number of anilines is 1. The monoisotopic (exact) mass is 301 g/mol. The zero-order valence-corrected chi connectivity index (χ0v) is 11.5. The Bertz CT molecular complexity index is 718. The zero-order chi connectivity index (χ0) is 14.9. The number of hydrogen-bond donors (Lipinski definition) is 1. The SMILES string of the molecule is Cc1nccn1CCS(=O)(=O)c1c(F)cc(N)cc1F. The number of nitrogens with zero attached hydrogens (tertiary/aromatic N) is 2. The summed E-state index contributed by atoms with van der Waals surface area (Å²) in [5.41, 5.74) is 5.09. The predicted octanol–water partition coefficient (Wildman–Crippen LogP) is 1.53. The Hall–Kier alpha value is -1.96. The van der Waals surface area contributed by atoms with E-state index >= 15 is 0 Å². The highest BCUT2D eigenvalue weighted by molar-refractivity contribution is 7.91. The molecule has 2 rings (SSSR count). The van der Waals surface area contributed by atoms with Crippen molar-refractivity contribution in [3.63, 3.8) is 0 Å². The van der Waals surface area contributed by atoms with E-state index in [1.54, 1.807) is 17.7 Å². The number of halogens is 2.